The summed E-state index contributed by atoms with van der Waals surface area (Å²) in [5, 5.41) is 0. The second kappa shape index (κ2) is 6.19. The number of para-hydroxylation sites is 1. The van der Waals surface area contributed by atoms with E-state index in [2.05, 4.69) is 26.8 Å². The number of benzene rings is 1. The molecule has 0 bridgehead atoms. The second-order valence-corrected chi connectivity index (χ2v) is 5.45. The van der Waals surface area contributed by atoms with Crippen molar-refractivity contribution in [2.75, 3.05) is 51.0 Å². The quantitative estimate of drug-likeness (QED) is 0.926. The molecule has 1 aromatic carbocycles. The van der Waals surface area contributed by atoms with Gasteiger partial charge >= 0.3 is 0 Å². The zero-order chi connectivity index (χ0) is 15.5. The van der Waals surface area contributed by atoms with Crippen LogP contribution in [0.15, 0.2) is 30.6 Å². The van der Waals surface area contributed by atoms with Crippen LogP contribution in [0.3, 0.4) is 0 Å². The summed E-state index contributed by atoms with van der Waals surface area (Å²) in [6, 6.07) is 7.76. The number of nitrogens with two attached hydrogens (primary N) is 1. The zero-order valence-electron chi connectivity index (χ0n) is 13.0. The van der Waals surface area contributed by atoms with Crippen LogP contribution < -0.4 is 15.4 Å². The van der Waals surface area contributed by atoms with Gasteiger partial charge in [0.15, 0.2) is 5.82 Å². The maximum absolute atomic E-state index is 6.37. The van der Waals surface area contributed by atoms with Crippen LogP contribution in [0.1, 0.15) is 0 Å². The van der Waals surface area contributed by atoms with Gasteiger partial charge < -0.3 is 20.3 Å². The Kier molecular flexibility index (Phi) is 4.11. The van der Waals surface area contributed by atoms with Gasteiger partial charge in [0.05, 0.1) is 7.11 Å². The predicted octanol–water partition coefficient (Wildman–Crippen LogP) is 1.49. The fourth-order valence-corrected chi connectivity index (χ4v) is 2.71. The van der Waals surface area contributed by atoms with Crippen LogP contribution in [-0.2, 0) is 0 Å². The van der Waals surface area contributed by atoms with E-state index in [-0.39, 0.29) is 0 Å². The number of likely N-dealkylation sites (N-methyl/N-ethyl adjacent to an activating group) is 1. The Labute approximate surface area is 130 Å². The standard InChI is InChI=1S/C16H21N5O/c1-20-7-9-21(10-8-20)16-14(17)15(18-11-19-16)12-5-3-4-6-13(12)22-2/h3-6,11H,7-10,17H2,1-2H3. The Bertz CT molecular complexity index is 653. The van der Waals surface area contributed by atoms with Crippen LogP contribution in [0.2, 0.25) is 0 Å². The van der Waals surface area contributed by atoms with Gasteiger partial charge in [-0.25, -0.2) is 9.97 Å². The number of ether oxygens (including phenoxy) is 1. The molecule has 0 saturated carbocycles. The Morgan fingerprint density at radius 3 is 2.55 bits per heavy atom. The predicted molar refractivity (Wildman–Crippen MR) is 88.1 cm³/mol. The summed E-state index contributed by atoms with van der Waals surface area (Å²) in [4.78, 5) is 13.3. The van der Waals surface area contributed by atoms with E-state index in [1.807, 2.05) is 24.3 Å². The fourth-order valence-electron chi connectivity index (χ4n) is 2.71. The summed E-state index contributed by atoms with van der Waals surface area (Å²) in [7, 11) is 3.78. The summed E-state index contributed by atoms with van der Waals surface area (Å²) < 4.78 is 5.42. The smallest absolute Gasteiger partial charge is 0.155 e. The molecule has 0 unspecified atom stereocenters. The lowest BCUT2D eigenvalue weighted by molar-refractivity contribution is 0.312. The summed E-state index contributed by atoms with van der Waals surface area (Å²) in [5.41, 5.74) is 8.59. The van der Waals surface area contributed by atoms with Crippen molar-refractivity contribution < 1.29 is 4.74 Å². The van der Waals surface area contributed by atoms with E-state index in [1.54, 1.807) is 13.4 Å². The first kappa shape index (κ1) is 14.6. The largest absolute Gasteiger partial charge is 0.496 e. The van der Waals surface area contributed by atoms with Crippen molar-refractivity contribution in [3.05, 3.63) is 30.6 Å². The Morgan fingerprint density at radius 2 is 1.82 bits per heavy atom. The Hall–Kier alpha value is -2.34. The number of aromatic nitrogens is 2. The van der Waals surface area contributed by atoms with Crippen molar-refractivity contribution in [1.29, 1.82) is 0 Å². The van der Waals surface area contributed by atoms with Crippen molar-refractivity contribution in [3.8, 4) is 17.0 Å². The third kappa shape index (κ3) is 2.69. The molecule has 2 heterocycles. The molecular formula is C16H21N5O. The van der Waals surface area contributed by atoms with E-state index in [1.165, 1.54) is 0 Å². The van der Waals surface area contributed by atoms with Gasteiger partial charge in [0.25, 0.3) is 0 Å². The molecule has 0 amide bonds. The highest BCUT2D eigenvalue weighted by molar-refractivity contribution is 5.83. The van der Waals surface area contributed by atoms with Crippen LogP contribution in [0.5, 0.6) is 5.75 Å². The fraction of sp³-hybridized carbons (Fsp3) is 0.375. The maximum atomic E-state index is 6.37. The molecule has 2 N–H and O–H groups in total. The molecule has 0 spiro atoms. The third-order valence-corrected chi connectivity index (χ3v) is 4.03. The molecule has 1 aromatic heterocycles. The van der Waals surface area contributed by atoms with Crippen LogP contribution >= 0.6 is 0 Å². The molecule has 1 fully saturated rings. The van der Waals surface area contributed by atoms with Gasteiger partial charge in [-0.2, -0.15) is 0 Å². The van der Waals surface area contributed by atoms with Gasteiger partial charge in [0, 0.05) is 31.7 Å². The SMILES string of the molecule is COc1ccccc1-c1ncnc(N2CCN(C)CC2)c1N. The molecule has 3 rings (SSSR count). The number of nitrogens with zero attached hydrogens (tertiary/aromatic N) is 4. The normalized spacial score (nSPS) is 15.8. The Balaban J connectivity index is 1.99. The van der Waals surface area contributed by atoms with Crippen molar-refractivity contribution >= 4 is 11.5 Å². The lowest BCUT2D eigenvalue weighted by atomic mass is 10.1. The van der Waals surface area contributed by atoms with E-state index < -0.39 is 0 Å². The average molecular weight is 299 g/mol. The van der Waals surface area contributed by atoms with Crippen LogP contribution in [0.4, 0.5) is 11.5 Å². The second-order valence-electron chi connectivity index (χ2n) is 5.45. The summed E-state index contributed by atoms with van der Waals surface area (Å²) in [6.45, 7) is 3.85. The van der Waals surface area contributed by atoms with E-state index in [9.17, 15) is 0 Å². The summed E-state index contributed by atoms with van der Waals surface area (Å²) >= 11 is 0. The lowest BCUT2D eigenvalue weighted by Gasteiger charge is -2.33. The number of rotatable bonds is 3. The minimum Gasteiger partial charge on any atom is -0.496 e. The number of anilines is 2. The molecule has 1 aliphatic heterocycles. The molecule has 1 saturated heterocycles. The molecule has 116 valence electrons. The maximum Gasteiger partial charge on any atom is 0.155 e. The highest BCUT2D eigenvalue weighted by Crippen LogP contribution is 2.35. The topological polar surface area (TPSA) is 67.5 Å². The Morgan fingerprint density at radius 1 is 1.09 bits per heavy atom. The minimum atomic E-state index is 0.608. The number of hydrogen-bond acceptors (Lipinski definition) is 6. The van der Waals surface area contributed by atoms with Gasteiger partial charge in [-0.15, -0.1) is 0 Å². The molecule has 0 aliphatic carbocycles. The van der Waals surface area contributed by atoms with Crippen LogP contribution in [0, 0.1) is 0 Å². The first-order valence-corrected chi connectivity index (χ1v) is 7.38. The molecule has 0 atom stereocenters. The first-order chi connectivity index (χ1) is 10.7. The van der Waals surface area contributed by atoms with E-state index in [0.717, 1.165) is 49.0 Å². The van der Waals surface area contributed by atoms with E-state index >= 15 is 0 Å². The highest BCUT2D eigenvalue weighted by atomic mass is 16.5. The number of methoxy groups -OCH3 is 1. The minimum absolute atomic E-state index is 0.608. The number of hydrogen-bond donors (Lipinski definition) is 1. The summed E-state index contributed by atoms with van der Waals surface area (Å²) in [5.74, 6) is 1.57. The molecule has 6 heteroatoms. The zero-order valence-corrected chi connectivity index (χ0v) is 13.0. The van der Waals surface area contributed by atoms with Gasteiger partial charge in [0.2, 0.25) is 0 Å². The van der Waals surface area contributed by atoms with Crippen LogP contribution in [0.25, 0.3) is 11.3 Å². The number of nitrogen functional groups attached to an aromatic ring is 1. The molecule has 0 radical (unpaired) electrons. The van der Waals surface area contributed by atoms with E-state index in [4.69, 9.17) is 10.5 Å². The van der Waals surface area contributed by atoms with Crippen LogP contribution in [-0.4, -0.2) is 55.2 Å². The van der Waals surface area contributed by atoms with Gasteiger partial charge in [0.1, 0.15) is 23.5 Å². The average Bonchev–Trinajstić information content (AvgIpc) is 2.56. The third-order valence-electron chi connectivity index (χ3n) is 4.03. The first-order valence-electron chi connectivity index (χ1n) is 7.38. The van der Waals surface area contributed by atoms with Crippen molar-refractivity contribution in [2.45, 2.75) is 0 Å². The molecule has 6 nitrogen and oxygen atoms in total. The van der Waals surface area contributed by atoms with Crippen molar-refractivity contribution in [2.24, 2.45) is 0 Å². The number of piperazine rings is 1. The highest BCUT2D eigenvalue weighted by Gasteiger charge is 2.20. The van der Waals surface area contributed by atoms with Gasteiger partial charge in [-0.3, -0.25) is 0 Å². The lowest BCUT2D eigenvalue weighted by Crippen LogP contribution is -2.45. The molecule has 1 aliphatic rings. The monoisotopic (exact) mass is 299 g/mol. The molecule has 2 aromatic rings. The van der Waals surface area contributed by atoms with Gasteiger partial charge in [-0.1, -0.05) is 12.1 Å². The summed E-state index contributed by atoms with van der Waals surface area (Å²) in [6.07, 6.45) is 1.58. The molecule has 22 heavy (non-hydrogen) atoms. The van der Waals surface area contributed by atoms with E-state index in [0.29, 0.717) is 5.69 Å². The van der Waals surface area contributed by atoms with Crippen molar-refractivity contribution in [1.82, 2.24) is 14.9 Å². The van der Waals surface area contributed by atoms with Crippen molar-refractivity contribution in [3.63, 3.8) is 0 Å². The van der Waals surface area contributed by atoms with Gasteiger partial charge in [-0.05, 0) is 19.2 Å². The molecular weight excluding hydrogens is 278 g/mol.